The van der Waals surface area contributed by atoms with Gasteiger partial charge >= 0.3 is 5.97 Å². The first-order valence-corrected chi connectivity index (χ1v) is 7.02. The quantitative estimate of drug-likeness (QED) is 0.798. The third-order valence-electron chi connectivity index (χ3n) is 2.81. The minimum Gasteiger partial charge on any atom is -0.493 e. The van der Waals surface area contributed by atoms with Crippen LogP contribution >= 0.6 is 0 Å². The number of carbonyl (C=O) groups excluding carboxylic acids is 2. The standard InChI is InChI=1S/C17H16FNO4/c18-13-6-8-14(9-7-13)19-16(20)12-23-17(21)10-11-22-15-4-2-1-3-5-15/h1-9H,10-12H2,(H,19,20). The van der Waals surface area contributed by atoms with Crippen molar-refractivity contribution in [2.75, 3.05) is 18.5 Å². The molecule has 0 aromatic heterocycles. The zero-order chi connectivity index (χ0) is 16.5. The van der Waals surface area contributed by atoms with Crippen molar-refractivity contribution >= 4 is 17.6 Å². The summed E-state index contributed by atoms with van der Waals surface area (Å²) in [5.74, 6) is -0.758. The third-order valence-corrected chi connectivity index (χ3v) is 2.81. The molecule has 2 rings (SSSR count). The SMILES string of the molecule is O=C(COC(=O)CCOc1ccccc1)Nc1ccc(F)cc1. The molecule has 0 spiro atoms. The molecule has 0 aliphatic carbocycles. The van der Waals surface area contributed by atoms with E-state index in [1.165, 1.54) is 24.3 Å². The Morgan fingerprint density at radius 3 is 2.39 bits per heavy atom. The molecule has 2 aromatic carbocycles. The molecule has 23 heavy (non-hydrogen) atoms. The van der Waals surface area contributed by atoms with E-state index >= 15 is 0 Å². The molecule has 0 atom stereocenters. The van der Waals surface area contributed by atoms with Gasteiger partial charge in [0.1, 0.15) is 11.6 Å². The molecular formula is C17H16FNO4. The van der Waals surface area contributed by atoms with Crippen molar-refractivity contribution in [3.05, 3.63) is 60.4 Å². The van der Waals surface area contributed by atoms with Gasteiger partial charge in [0.25, 0.3) is 5.91 Å². The van der Waals surface area contributed by atoms with Crippen LogP contribution < -0.4 is 10.1 Å². The van der Waals surface area contributed by atoms with Gasteiger partial charge in [-0.05, 0) is 36.4 Å². The van der Waals surface area contributed by atoms with E-state index < -0.39 is 24.3 Å². The minimum atomic E-state index is -0.532. The summed E-state index contributed by atoms with van der Waals surface area (Å²) >= 11 is 0. The Labute approximate surface area is 133 Å². The van der Waals surface area contributed by atoms with Crippen LogP contribution in [0.3, 0.4) is 0 Å². The van der Waals surface area contributed by atoms with Crippen LogP contribution in [0.2, 0.25) is 0 Å². The fourth-order valence-corrected chi connectivity index (χ4v) is 1.72. The number of benzene rings is 2. The van der Waals surface area contributed by atoms with Crippen LogP contribution in [0.4, 0.5) is 10.1 Å². The second-order valence-electron chi connectivity index (χ2n) is 4.63. The van der Waals surface area contributed by atoms with E-state index in [0.29, 0.717) is 11.4 Å². The van der Waals surface area contributed by atoms with E-state index in [9.17, 15) is 14.0 Å². The van der Waals surface area contributed by atoms with Crippen LogP contribution in [-0.2, 0) is 14.3 Å². The van der Waals surface area contributed by atoms with Crippen LogP contribution in [-0.4, -0.2) is 25.1 Å². The van der Waals surface area contributed by atoms with E-state index in [-0.39, 0.29) is 13.0 Å². The summed E-state index contributed by atoms with van der Waals surface area (Å²) in [5, 5.41) is 2.49. The summed E-state index contributed by atoms with van der Waals surface area (Å²) in [4.78, 5) is 23.1. The van der Waals surface area contributed by atoms with Crippen molar-refractivity contribution in [2.24, 2.45) is 0 Å². The van der Waals surface area contributed by atoms with Crippen molar-refractivity contribution in [2.45, 2.75) is 6.42 Å². The van der Waals surface area contributed by atoms with Crippen molar-refractivity contribution < 1.29 is 23.5 Å². The molecule has 5 nitrogen and oxygen atoms in total. The average Bonchev–Trinajstić information content (AvgIpc) is 2.56. The number of amides is 1. The van der Waals surface area contributed by atoms with Gasteiger partial charge in [0, 0.05) is 5.69 Å². The molecule has 2 aromatic rings. The highest BCUT2D eigenvalue weighted by Crippen LogP contribution is 2.09. The normalized spacial score (nSPS) is 9.96. The summed E-state index contributed by atoms with van der Waals surface area (Å²) in [7, 11) is 0. The summed E-state index contributed by atoms with van der Waals surface area (Å²) in [6.45, 7) is -0.232. The molecule has 0 saturated carbocycles. The number of esters is 1. The lowest BCUT2D eigenvalue weighted by Crippen LogP contribution is -2.21. The third kappa shape index (κ3) is 6.17. The number of hydrogen-bond acceptors (Lipinski definition) is 4. The highest BCUT2D eigenvalue weighted by atomic mass is 19.1. The number of carbonyl (C=O) groups is 2. The zero-order valence-electron chi connectivity index (χ0n) is 12.3. The van der Waals surface area contributed by atoms with Crippen molar-refractivity contribution in [3.63, 3.8) is 0 Å². The zero-order valence-corrected chi connectivity index (χ0v) is 12.3. The van der Waals surface area contributed by atoms with E-state index in [1.54, 1.807) is 12.1 Å². The number of rotatable bonds is 7. The predicted octanol–water partition coefficient (Wildman–Crippen LogP) is 2.78. The van der Waals surface area contributed by atoms with Gasteiger partial charge in [-0.1, -0.05) is 18.2 Å². The fraction of sp³-hybridized carbons (Fsp3) is 0.176. The molecule has 0 fully saturated rings. The molecule has 0 bridgehead atoms. The summed E-state index contributed by atoms with van der Waals surface area (Å²) < 4.78 is 22.9. The summed E-state index contributed by atoms with van der Waals surface area (Å²) in [6, 6.07) is 14.4. The maximum Gasteiger partial charge on any atom is 0.309 e. The molecule has 6 heteroatoms. The summed E-state index contributed by atoms with van der Waals surface area (Å²) in [6.07, 6.45) is 0.0404. The Bertz CT molecular complexity index is 643. The summed E-state index contributed by atoms with van der Waals surface area (Å²) in [5.41, 5.74) is 0.430. The van der Waals surface area contributed by atoms with Gasteiger partial charge in [0.2, 0.25) is 0 Å². The lowest BCUT2D eigenvalue weighted by Gasteiger charge is -2.07. The highest BCUT2D eigenvalue weighted by molar-refractivity contribution is 5.92. The number of ether oxygens (including phenoxy) is 2. The monoisotopic (exact) mass is 317 g/mol. The van der Waals surface area contributed by atoms with Crippen LogP contribution in [0.1, 0.15) is 6.42 Å². The van der Waals surface area contributed by atoms with Gasteiger partial charge in [0.05, 0.1) is 13.0 Å². The molecule has 120 valence electrons. The van der Waals surface area contributed by atoms with Gasteiger partial charge in [-0.15, -0.1) is 0 Å². The Morgan fingerprint density at radius 1 is 1.00 bits per heavy atom. The topological polar surface area (TPSA) is 64.6 Å². The minimum absolute atomic E-state index is 0.0404. The maximum atomic E-state index is 12.7. The molecular weight excluding hydrogens is 301 g/mol. The number of nitrogens with one attached hydrogen (secondary N) is 1. The van der Waals surface area contributed by atoms with Crippen LogP contribution in [0, 0.1) is 5.82 Å². The largest absolute Gasteiger partial charge is 0.493 e. The number of hydrogen-bond donors (Lipinski definition) is 1. The Kier molecular flexibility index (Phi) is 6.11. The van der Waals surface area contributed by atoms with Crippen molar-refractivity contribution in [3.8, 4) is 5.75 Å². The number of anilines is 1. The molecule has 0 radical (unpaired) electrons. The second-order valence-corrected chi connectivity index (χ2v) is 4.63. The van der Waals surface area contributed by atoms with Gasteiger partial charge in [0.15, 0.2) is 6.61 Å². The molecule has 0 saturated heterocycles. The first-order valence-electron chi connectivity index (χ1n) is 7.02. The van der Waals surface area contributed by atoms with E-state index in [1.807, 2.05) is 18.2 Å². The second kappa shape index (κ2) is 8.53. The van der Waals surface area contributed by atoms with Crippen molar-refractivity contribution in [1.82, 2.24) is 0 Å². The maximum absolute atomic E-state index is 12.7. The fourth-order valence-electron chi connectivity index (χ4n) is 1.72. The molecule has 0 unspecified atom stereocenters. The van der Waals surface area contributed by atoms with Crippen molar-refractivity contribution in [1.29, 1.82) is 0 Å². The first kappa shape index (κ1) is 16.5. The lowest BCUT2D eigenvalue weighted by atomic mass is 10.3. The first-order chi connectivity index (χ1) is 11.1. The lowest BCUT2D eigenvalue weighted by molar-refractivity contribution is -0.147. The molecule has 0 heterocycles. The Morgan fingerprint density at radius 2 is 1.70 bits per heavy atom. The van der Waals surface area contributed by atoms with Gasteiger partial charge < -0.3 is 14.8 Å². The van der Waals surface area contributed by atoms with E-state index in [4.69, 9.17) is 9.47 Å². The van der Waals surface area contributed by atoms with E-state index in [0.717, 1.165) is 0 Å². The van der Waals surface area contributed by atoms with Crippen LogP contribution in [0.25, 0.3) is 0 Å². The van der Waals surface area contributed by atoms with E-state index in [2.05, 4.69) is 5.32 Å². The number of para-hydroxylation sites is 1. The van der Waals surface area contributed by atoms with Gasteiger partial charge in [-0.3, -0.25) is 9.59 Å². The smallest absolute Gasteiger partial charge is 0.309 e. The van der Waals surface area contributed by atoms with Crippen LogP contribution in [0.15, 0.2) is 54.6 Å². The highest BCUT2D eigenvalue weighted by Gasteiger charge is 2.08. The average molecular weight is 317 g/mol. The van der Waals surface area contributed by atoms with Gasteiger partial charge in [-0.2, -0.15) is 0 Å². The predicted molar refractivity (Wildman–Crippen MR) is 82.5 cm³/mol. The molecule has 0 aliphatic rings. The Hall–Kier alpha value is -2.89. The Balaban J connectivity index is 1.63. The number of halogens is 1. The van der Waals surface area contributed by atoms with Crippen LogP contribution in [0.5, 0.6) is 5.75 Å². The molecule has 0 aliphatic heterocycles. The van der Waals surface area contributed by atoms with Gasteiger partial charge in [-0.25, -0.2) is 4.39 Å². The molecule has 1 amide bonds. The molecule has 1 N–H and O–H groups in total.